The first-order chi connectivity index (χ1) is 9.24. The molecule has 0 fully saturated rings. The van der Waals surface area contributed by atoms with E-state index in [2.05, 4.69) is 45.3 Å². The molecule has 0 saturated carbocycles. The maximum absolute atomic E-state index is 5.25. The first-order valence-corrected chi connectivity index (χ1v) is 7.83. The Balaban J connectivity index is 2.30. The minimum absolute atomic E-state index is 0.166. The summed E-state index contributed by atoms with van der Waals surface area (Å²) in [6.07, 6.45) is 4.72. The molecule has 102 valence electrons. The maximum atomic E-state index is 5.25. The molecular weight excluding hydrogens is 324 g/mol. The summed E-state index contributed by atoms with van der Waals surface area (Å²) in [6, 6.07) is 6.42. The third-order valence-electron chi connectivity index (χ3n) is 2.78. The van der Waals surface area contributed by atoms with Crippen LogP contribution in [0.2, 0.25) is 0 Å². The van der Waals surface area contributed by atoms with Crippen molar-refractivity contribution in [3.05, 3.63) is 44.8 Å². The first-order valence-electron chi connectivity index (χ1n) is 6.22. The summed E-state index contributed by atoms with van der Waals surface area (Å²) >= 11 is 5.26. The lowest BCUT2D eigenvalue weighted by atomic mass is 10.1. The number of hydrogen-bond acceptors (Lipinski definition) is 4. The zero-order valence-electron chi connectivity index (χ0n) is 11.0. The predicted molar refractivity (Wildman–Crippen MR) is 82.9 cm³/mol. The van der Waals surface area contributed by atoms with Crippen molar-refractivity contribution in [1.29, 1.82) is 0 Å². The van der Waals surface area contributed by atoms with Crippen LogP contribution in [0.5, 0.6) is 5.75 Å². The summed E-state index contributed by atoms with van der Waals surface area (Å²) in [4.78, 5) is 5.52. The number of aromatic nitrogens is 1. The van der Waals surface area contributed by atoms with Crippen LogP contribution in [0.25, 0.3) is 0 Å². The lowest BCUT2D eigenvalue weighted by Gasteiger charge is -2.17. The summed E-state index contributed by atoms with van der Waals surface area (Å²) in [7, 11) is 1.66. The first kappa shape index (κ1) is 14.5. The van der Waals surface area contributed by atoms with Crippen molar-refractivity contribution in [2.75, 3.05) is 13.7 Å². The number of pyridine rings is 1. The van der Waals surface area contributed by atoms with E-state index in [9.17, 15) is 0 Å². The second-order valence-electron chi connectivity index (χ2n) is 4.19. The second kappa shape index (κ2) is 7.03. The Morgan fingerprint density at radius 3 is 2.89 bits per heavy atom. The van der Waals surface area contributed by atoms with Crippen LogP contribution in [0.3, 0.4) is 0 Å². The number of rotatable bonds is 6. The van der Waals surface area contributed by atoms with Gasteiger partial charge in [-0.25, -0.2) is 0 Å². The van der Waals surface area contributed by atoms with E-state index in [0.717, 1.165) is 28.1 Å². The quantitative estimate of drug-likeness (QED) is 0.862. The van der Waals surface area contributed by atoms with E-state index in [4.69, 9.17) is 4.74 Å². The monoisotopic (exact) mass is 340 g/mol. The Bertz CT molecular complexity index is 530. The predicted octanol–water partition coefficient (Wildman–Crippen LogP) is 4.00. The van der Waals surface area contributed by atoms with Gasteiger partial charge in [0.25, 0.3) is 0 Å². The molecule has 1 N–H and O–H groups in total. The smallest absolute Gasteiger partial charge is 0.137 e. The van der Waals surface area contributed by atoms with Crippen LogP contribution in [0.1, 0.15) is 29.8 Å². The van der Waals surface area contributed by atoms with E-state index in [-0.39, 0.29) is 6.04 Å². The van der Waals surface area contributed by atoms with Crippen molar-refractivity contribution < 1.29 is 4.74 Å². The highest BCUT2D eigenvalue weighted by Gasteiger charge is 2.16. The van der Waals surface area contributed by atoms with Crippen LogP contribution in [0, 0.1) is 0 Å². The highest BCUT2D eigenvalue weighted by Crippen LogP contribution is 2.32. The average molecular weight is 341 g/mol. The molecule has 0 aliphatic rings. The number of thiophene rings is 1. The van der Waals surface area contributed by atoms with Crippen LogP contribution in [0.15, 0.2) is 34.4 Å². The molecule has 0 bridgehead atoms. The molecule has 19 heavy (non-hydrogen) atoms. The highest BCUT2D eigenvalue weighted by atomic mass is 79.9. The summed E-state index contributed by atoms with van der Waals surface area (Å²) in [5, 5.41) is 3.56. The summed E-state index contributed by atoms with van der Waals surface area (Å²) in [6.45, 7) is 3.13. The number of nitrogens with zero attached hydrogens (tertiary/aromatic N) is 1. The summed E-state index contributed by atoms with van der Waals surface area (Å²) < 4.78 is 6.39. The molecule has 0 saturated heterocycles. The molecular formula is C14H17BrN2OS. The van der Waals surface area contributed by atoms with Crippen molar-refractivity contribution in [3.8, 4) is 5.75 Å². The van der Waals surface area contributed by atoms with Gasteiger partial charge in [0.05, 0.1) is 23.1 Å². The molecule has 0 amide bonds. The van der Waals surface area contributed by atoms with Gasteiger partial charge in [0.1, 0.15) is 5.75 Å². The zero-order chi connectivity index (χ0) is 13.7. The van der Waals surface area contributed by atoms with E-state index in [1.165, 1.54) is 4.88 Å². The van der Waals surface area contributed by atoms with Crippen molar-refractivity contribution in [3.63, 3.8) is 0 Å². The number of halogens is 1. The largest absolute Gasteiger partial charge is 0.495 e. The van der Waals surface area contributed by atoms with Gasteiger partial charge in [-0.1, -0.05) is 6.92 Å². The standard InChI is InChI=1S/C14H17BrN2OS/c1-3-6-17-14(12-4-5-13(15)19-12)10-7-11(18-2)9-16-8-10/h4-5,7-9,14,17H,3,6H2,1-2H3. The molecule has 0 spiro atoms. The molecule has 2 aromatic heterocycles. The van der Waals surface area contributed by atoms with Gasteiger partial charge in [-0.3, -0.25) is 4.98 Å². The van der Waals surface area contributed by atoms with Crippen molar-refractivity contribution in [2.45, 2.75) is 19.4 Å². The Kier molecular flexibility index (Phi) is 5.36. The van der Waals surface area contributed by atoms with Crippen molar-refractivity contribution in [2.24, 2.45) is 0 Å². The number of hydrogen-bond donors (Lipinski definition) is 1. The number of methoxy groups -OCH3 is 1. The van der Waals surface area contributed by atoms with Crippen LogP contribution in [0.4, 0.5) is 0 Å². The Morgan fingerprint density at radius 2 is 2.26 bits per heavy atom. The third kappa shape index (κ3) is 3.78. The molecule has 2 heterocycles. The van der Waals surface area contributed by atoms with E-state index < -0.39 is 0 Å². The van der Waals surface area contributed by atoms with Crippen molar-refractivity contribution >= 4 is 27.3 Å². The minimum atomic E-state index is 0.166. The zero-order valence-corrected chi connectivity index (χ0v) is 13.4. The molecule has 0 radical (unpaired) electrons. The van der Waals surface area contributed by atoms with Crippen LogP contribution in [-0.4, -0.2) is 18.6 Å². The lowest BCUT2D eigenvalue weighted by molar-refractivity contribution is 0.411. The molecule has 5 heteroatoms. The topological polar surface area (TPSA) is 34.2 Å². The van der Waals surface area contributed by atoms with Gasteiger partial charge in [0.2, 0.25) is 0 Å². The van der Waals surface area contributed by atoms with Gasteiger partial charge < -0.3 is 10.1 Å². The normalized spacial score (nSPS) is 12.4. The van der Waals surface area contributed by atoms with Gasteiger partial charge >= 0.3 is 0 Å². The van der Waals surface area contributed by atoms with Gasteiger partial charge in [0.15, 0.2) is 0 Å². The fourth-order valence-electron chi connectivity index (χ4n) is 1.86. The Morgan fingerprint density at radius 1 is 1.42 bits per heavy atom. The van der Waals surface area contributed by atoms with Gasteiger partial charge in [-0.2, -0.15) is 0 Å². The van der Waals surface area contributed by atoms with Gasteiger partial charge in [0, 0.05) is 11.1 Å². The SMILES string of the molecule is CCCNC(c1cncc(OC)c1)c1ccc(Br)s1. The van der Waals surface area contributed by atoms with Crippen LogP contribution < -0.4 is 10.1 Å². The fourth-order valence-corrected chi connectivity index (χ4v) is 3.39. The molecule has 0 aliphatic heterocycles. The van der Waals surface area contributed by atoms with Crippen LogP contribution >= 0.6 is 27.3 Å². The molecule has 3 nitrogen and oxygen atoms in total. The Hall–Kier alpha value is -0.910. The van der Waals surface area contributed by atoms with Gasteiger partial charge in [-0.05, 0) is 52.7 Å². The minimum Gasteiger partial charge on any atom is -0.495 e. The maximum Gasteiger partial charge on any atom is 0.137 e. The van der Waals surface area contributed by atoms with Gasteiger partial charge in [-0.15, -0.1) is 11.3 Å². The van der Waals surface area contributed by atoms with E-state index in [1.807, 2.05) is 12.3 Å². The van der Waals surface area contributed by atoms with E-state index >= 15 is 0 Å². The molecule has 1 unspecified atom stereocenters. The third-order valence-corrected chi connectivity index (χ3v) is 4.47. The molecule has 0 aromatic carbocycles. The lowest BCUT2D eigenvalue weighted by Crippen LogP contribution is -2.22. The summed E-state index contributed by atoms with van der Waals surface area (Å²) in [5.74, 6) is 0.788. The Labute approximate surface area is 126 Å². The molecule has 0 aliphatic carbocycles. The van der Waals surface area contributed by atoms with E-state index in [0.29, 0.717) is 0 Å². The van der Waals surface area contributed by atoms with Crippen LogP contribution in [-0.2, 0) is 0 Å². The number of nitrogens with one attached hydrogen (secondary N) is 1. The highest BCUT2D eigenvalue weighted by molar-refractivity contribution is 9.11. The fraction of sp³-hybridized carbons (Fsp3) is 0.357. The molecule has 2 aromatic rings. The second-order valence-corrected chi connectivity index (χ2v) is 6.68. The molecule has 2 rings (SSSR count). The number of ether oxygens (including phenoxy) is 1. The average Bonchev–Trinajstić information content (AvgIpc) is 2.86. The molecule has 1 atom stereocenters. The summed E-state index contributed by atoms with van der Waals surface area (Å²) in [5.41, 5.74) is 1.13. The van der Waals surface area contributed by atoms with E-state index in [1.54, 1.807) is 24.6 Å². The van der Waals surface area contributed by atoms with Crippen molar-refractivity contribution in [1.82, 2.24) is 10.3 Å².